The van der Waals surface area contributed by atoms with E-state index >= 15 is 0 Å². The Labute approximate surface area is 195 Å². The number of allylic oxidation sites excluding steroid dienone is 2. The molecule has 0 fully saturated rings. The molecule has 2 atom stereocenters. The maximum absolute atomic E-state index is 13.8. The van der Waals surface area contributed by atoms with E-state index in [1.165, 1.54) is 0 Å². The van der Waals surface area contributed by atoms with Crippen molar-refractivity contribution in [3.63, 3.8) is 0 Å². The summed E-state index contributed by atoms with van der Waals surface area (Å²) in [5.41, 5.74) is 6.96. The lowest BCUT2D eigenvalue weighted by atomic mass is 9.72. The number of hydrogen-bond acceptors (Lipinski definition) is 3. The van der Waals surface area contributed by atoms with Gasteiger partial charge in [0.05, 0.1) is 5.69 Å². The second kappa shape index (κ2) is 8.78. The first-order valence-electron chi connectivity index (χ1n) is 11.7. The van der Waals surface area contributed by atoms with E-state index in [-0.39, 0.29) is 23.5 Å². The number of amides is 1. The van der Waals surface area contributed by atoms with Crippen LogP contribution in [0, 0.1) is 6.92 Å². The number of rotatable bonds is 4. The Bertz CT molecular complexity index is 1230. The zero-order chi connectivity index (χ0) is 22.9. The van der Waals surface area contributed by atoms with E-state index < -0.39 is 0 Å². The molecule has 3 aromatic rings. The van der Waals surface area contributed by atoms with Gasteiger partial charge in [-0.15, -0.1) is 0 Å². The highest BCUT2D eigenvalue weighted by Gasteiger charge is 2.43. The molecule has 4 nitrogen and oxygen atoms in total. The second-order valence-corrected chi connectivity index (χ2v) is 9.00. The third-order valence-corrected chi connectivity index (χ3v) is 7.03. The van der Waals surface area contributed by atoms with E-state index in [9.17, 15) is 9.59 Å². The zero-order valence-electron chi connectivity index (χ0n) is 19.1. The fourth-order valence-electron chi connectivity index (χ4n) is 5.46. The molecular formula is C29H28N2O2. The minimum Gasteiger partial charge on any atom is -0.294 e. The Morgan fingerprint density at radius 3 is 2.36 bits per heavy atom. The van der Waals surface area contributed by atoms with Gasteiger partial charge in [-0.2, -0.15) is 0 Å². The predicted octanol–water partition coefficient (Wildman–Crippen LogP) is 5.87. The number of carbonyl (C=O) groups excluding carboxylic acids is 2. The van der Waals surface area contributed by atoms with Crippen LogP contribution < -0.4 is 4.90 Å². The van der Waals surface area contributed by atoms with Crippen LogP contribution in [0.3, 0.4) is 0 Å². The molecule has 0 saturated heterocycles. The van der Waals surface area contributed by atoms with E-state index in [4.69, 9.17) is 0 Å². The lowest BCUT2D eigenvalue weighted by Gasteiger charge is -2.41. The summed E-state index contributed by atoms with van der Waals surface area (Å²) in [6.07, 6.45) is 5.75. The largest absolute Gasteiger partial charge is 0.294 e. The number of aromatic nitrogens is 1. The molecule has 2 aromatic carbocycles. The van der Waals surface area contributed by atoms with Gasteiger partial charge in [0.1, 0.15) is 0 Å². The second-order valence-electron chi connectivity index (χ2n) is 9.00. The first-order chi connectivity index (χ1) is 16.1. The summed E-state index contributed by atoms with van der Waals surface area (Å²) >= 11 is 0. The van der Waals surface area contributed by atoms with Crippen LogP contribution in [-0.4, -0.2) is 16.7 Å². The third kappa shape index (κ3) is 3.80. The molecule has 33 heavy (non-hydrogen) atoms. The summed E-state index contributed by atoms with van der Waals surface area (Å²) in [6.45, 7) is 4.16. The molecule has 2 unspecified atom stereocenters. The maximum atomic E-state index is 13.8. The minimum atomic E-state index is -0.218. The average molecular weight is 437 g/mol. The van der Waals surface area contributed by atoms with E-state index in [1.807, 2.05) is 41.3 Å². The number of ketones is 1. The molecule has 166 valence electrons. The summed E-state index contributed by atoms with van der Waals surface area (Å²) < 4.78 is 0. The summed E-state index contributed by atoms with van der Waals surface area (Å²) in [6, 6.07) is 20.2. The van der Waals surface area contributed by atoms with Crippen LogP contribution >= 0.6 is 0 Å². The van der Waals surface area contributed by atoms with Gasteiger partial charge in [-0.05, 0) is 60.1 Å². The van der Waals surface area contributed by atoms with Gasteiger partial charge in [-0.25, -0.2) is 0 Å². The molecule has 2 heterocycles. The van der Waals surface area contributed by atoms with E-state index in [0.29, 0.717) is 19.3 Å². The molecule has 0 N–H and O–H groups in total. The van der Waals surface area contributed by atoms with Crippen molar-refractivity contribution in [1.82, 2.24) is 4.98 Å². The molecule has 5 rings (SSSR count). The van der Waals surface area contributed by atoms with Gasteiger partial charge in [0.25, 0.3) is 0 Å². The average Bonchev–Trinajstić information content (AvgIpc) is 2.85. The SMILES string of the molecule is CCc1cccc(C)c1N1C(=O)CC(c2ccncc2)C2=C1CC(c1ccccc1)CC2=O. The number of hydrogen-bond donors (Lipinski definition) is 0. The molecule has 1 aromatic heterocycles. The number of benzene rings is 2. The van der Waals surface area contributed by atoms with Crippen LogP contribution in [0.4, 0.5) is 5.69 Å². The van der Waals surface area contributed by atoms with Crippen LogP contribution in [0.1, 0.15) is 60.3 Å². The molecule has 0 radical (unpaired) electrons. The highest BCUT2D eigenvalue weighted by Crippen LogP contribution is 2.47. The van der Waals surface area contributed by atoms with Crippen molar-refractivity contribution in [3.05, 3.63) is 107 Å². The molecule has 0 spiro atoms. The van der Waals surface area contributed by atoms with Gasteiger partial charge in [-0.1, -0.05) is 55.5 Å². The van der Waals surface area contributed by atoms with E-state index in [2.05, 4.69) is 43.1 Å². The molecular weight excluding hydrogens is 408 g/mol. The number of para-hydroxylation sites is 1. The van der Waals surface area contributed by atoms with Crippen LogP contribution in [0.2, 0.25) is 0 Å². The zero-order valence-corrected chi connectivity index (χ0v) is 19.1. The van der Waals surface area contributed by atoms with E-state index in [1.54, 1.807) is 12.4 Å². The first-order valence-corrected chi connectivity index (χ1v) is 11.7. The Balaban J connectivity index is 1.70. The van der Waals surface area contributed by atoms with Crippen LogP contribution in [0.25, 0.3) is 0 Å². The van der Waals surface area contributed by atoms with Gasteiger partial charge in [0.15, 0.2) is 5.78 Å². The van der Waals surface area contributed by atoms with Gasteiger partial charge < -0.3 is 0 Å². The summed E-state index contributed by atoms with van der Waals surface area (Å²) in [5, 5.41) is 0. The number of aryl methyl sites for hydroxylation is 2. The normalized spacial score (nSPS) is 20.7. The first kappa shape index (κ1) is 21.3. The standard InChI is InChI=1S/C29H28N2O2/c1-3-20-11-7-8-19(2)29(20)31-25-16-23(21-9-5-4-6-10-21)17-26(32)28(25)24(18-27(31)33)22-12-14-30-15-13-22/h4-15,23-24H,3,16-18H2,1-2H3. The van der Waals surface area contributed by atoms with Gasteiger partial charge in [0.2, 0.25) is 5.91 Å². The number of pyridine rings is 1. The molecule has 1 aliphatic heterocycles. The van der Waals surface area contributed by atoms with Gasteiger partial charge in [0, 0.05) is 42.4 Å². The molecule has 2 aliphatic rings. The molecule has 1 amide bonds. The van der Waals surface area contributed by atoms with Crippen LogP contribution in [-0.2, 0) is 16.0 Å². The monoisotopic (exact) mass is 436 g/mol. The van der Waals surface area contributed by atoms with Crippen molar-refractivity contribution in [2.75, 3.05) is 4.90 Å². The Morgan fingerprint density at radius 1 is 0.879 bits per heavy atom. The number of Topliss-reactive ketones (excluding diaryl/α,β-unsaturated/α-hetero) is 1. The Hall–Kier alpha value is -3.53. The highest BCUT2D eigenvalue weighted by molar-refractivity contribution is 6.08. The minimum absolute atomic E-state index is 0.0565. The summed E-state index contributed by atoms with van der Waals surface area (Å²) in [5.74, 6) is 0.0558. The van der Waals surface area contributed by atoms with Gasteiger partial charge >= 0.3 is 0 Å². The van der Waals surface area contributed by atoms with Crippen molar-refractivity contribution < 1.29 is 9.59 Å². The smallest absolute Gasteiger partial charge is 0.232 e. The number of anilines is 1. The third-order valence-electron chi connectivity index (χ3n) is 7.03. The molecule has 0 bridgehead atoms. The van der Waals surface area contributed by atoms with E-state index in [0.717, 1.165) is 45.6 Å². The molecule has 0 saturated carbocycles. The molecule has 1 aliphatic carbocycles. The van der Waals surface area contributed by atoms with Crippen molar-refractivity contribution >= 4 is 17.4 Å². The van der Waals surface area contributed by atoms with Crippen LogP contribution in [0.5, 0.6) is 0 Å². The lowest BCUT2D eigenvalue weighted by molar-refractivity contribution is -0.120. The quantitative estimate of drug-likeness (QED) is 0.514. The van der Waals surface area contributed by atoms with Crippen molar-refractivity contribution in [1.29, 1.82) is 0 Å². The fraction of sp³-hybridized carbons (Fsp3) is 0.276. The predicted molar refractivity (Wildman–Crippen MR) is 130 cm³/mol. The summed E-state index contributed by atoms with van der Waals surface area (Å²) in [7, 11) is 0. The highest BCUT2D eigenvalue weighted by atomic mass is 16.2. The Kier molecular flexibility index (Phi) is 5.67. The fourth-order valence-corrected chi connectivity index (χ4v) is 5.46. The lowest BCUT2D eigenvalue weighted by Crippen LogP contribution is -2.42. The maximum Gasteiger partial charge on any atom is 0.232 e. The van der Waals surface area contributed by atoms with Crippen molar-refractivity contribution in [3.8, 4) is 0 Å². The molecule has 4 heteroatoms. The van der Waals surface area contributed by atoms with Crippen molar-refractivity contribution in [2.45, 2.75) is 51.4 Å². The summed E-state index contributed by atoms with van der Waals surface area (Å²) in [4.78, 5) is 33.5. The van der Waals surface area contributed by atoms with Crippen molar-refractivity contribution in [2.24, 2.45) is 0 Å². The Morgan fingerprint density at radius 2 is 1.64 bits per heavy atom. The topological polar surface area (TPSA) is 50.3 Å². The van der Waals surface area contributed by atoms with Crippen LogP contribution in [0.15, 0.2) is 84.3 Å². The number of nitrogens with zero attached hydrogens (tertiary/aromatic N) is 2. The van der Waals surface area contributed by atoms with Gasteiger partial charge in [-0.3, -0.25) is 19.5 Å². The number of carbonyl (C=O) groups is 2.